The lowest BCUT2D eigenvalue weighted by Crippen LogP contribution is -2.39. The smallest absolute Gasteiger partial charge is 0.268 e. The molecule has 2 aliphatic rings. The zero-order valence-electron chi connectivity index (χ0n) is 11.3. The van der Waals surface area contributed by atoms with Crippen LogP contribution in [0.1, 0.15) is 18.9 Å². The fourth-order valence-electron chi connectivity index (χ4n) is 3.07. The van der Waals surface area contributed by atoms with Crippen LogP contribution in [0.3, 0.4) is 0 Å². The van der Waals surface area contributed by atoms with Crippen LogP contribution in [0.25, 0.3) is 0 Å². The molecule has 3 heteroatoms. The highest BCUT2D eigenvalue weighted by Crippen LogP contribution is 2.50. The van der Waals surface area contributed by atoms with Gasteiger partial charge in [-0.25, -0.2) is 0 Å². The Hall–Kier alpha value is -1.87. The number of para-hydroxylation sites is 1. The molecular weight excluding hydrogens is 238 g/mol. The normalized spacial score (nSPS) is 25.4. The number of ether oxygens (including phenoxy) is 1. The molecule has 0 aromatic heterocycles. The minimum atomic E-state index is -0.899. The second-order valence-corrected chi connectivity index (χ2v) is 5.07. The summed E-state index contributed by atoms with van der Waals surface area (Å²) >= 11 is 0. The molecule has 1 amide bonds. The van der Waals surface area contributed by atoms with Crippen molar-refractivity contribution >= 4 is 11.6 Å². The molecule has 1 spiro atoms. The molecule has 0 saturated carbocycles. The number of nitrogens with zero attached hydrogens (tertiary/aromatic N) is 1. The standard InChI is InChI=1S/C16H17NO2/c1-4-7-12-10-19-16(11(12)2)13-8-5-6-9-14(13)17(3)15(16)18/h4-6,8-9H,1,7,10H2,2-3H3. The lowest BCUT2D eigenvalue weighted by atomic mass is 9.86. The van der Waals surface area contributed by atoms with Crippen LogP contribution >= 0.6 is 0 Å². The quantitative estimate of drug-likeness (QED) is 0.760. The number of carbonyl (C=O) groups excluding carboxylic acids is 1. The van der Waals surface area contributed by atoms with Gasteiger partial charge in [-0.1, -0.05) is 24.3 Å². The first-order chi connectivity index (χ1) is 9.13. The van der Waals surface area contributed by atoms with Crippen LogP contribution in [0, 0.1) is 0 Å². The van der Waals surface area contributed by atoms with Crippen molar-refractivity contribution in [3.05, 3.63) is 53.6 Å². The number of hydrogen-bond acceptors (Lipinski definition) is 2. The van der Waals surface area contributed by atoms with Gasteiger partial charge in [-0.15, -0.1) is 6.58 Å². The van der Waals surface area contributed by atoms with Crippen LogP contribution in [0.5, 0.6) is 0 Å². The third kappa shape index (κ3) is 1.39. The number of anilines is 1. The molecule has 0 fully saturated rings. The van der Waals surface area contributed by atoms with E-state index in [1.807, 2.05) is 37.3 Å². The minimum Gasteiger partial charge on any atom is -0.352 e. The number of benzene rings is 1. The van der Waals surface area contributed by atoms with E-state index >= 15 is 0 Å². The maximum Gasteiger partial charge on any atom is 0.268 e. The van der Waals surface area contributed by atoms with Gasteiger partial charge in [0.1, 0.15) is 0 Å². The molecule has 0 N–H and O–H groups in total. The van der Waals surface area contributed by atoms with Crippen molar-refractivity contribution in [1.82, 2.24) is 0 Å². The lowest BCUT2D eigenvalue weighted by Gasteiger charge is -2.24. The summed E-state index contributed by atoms with van der Waals surface area (Å²) < 4.78 is 5.97. The van der Waals surface area contributed by atoms with Crippen LogP contribution in [-0.4, -0.2) is 19.6 Å². The van der Waals surface area contributed by atoms with Gasteiger partial charge in [0.15, 0.2) is 5.60 Å². The van der Waals surface area contributed by atoms with Gasteiger partial charge in [0.2, 0.25) is 0 Å². The predicted molar refractivity (Wildman–Crippen MR) is 75.0 cm³/mol. The van der Waals surface area contributed by atoms with Crippen molar-refractivity contribution in [2.75, 3.05) is 18.6 Å². The molecule has 0 saturated heterocycles. The Labute approximate surface area is 113 Å². The number of fused-ring (bicyclic) bond motifs is 2. The van der Waals surface area contributed by atoms with Gasteiger partial charge in [-0.3, -0.25) is 4.79 Å². The zero-order chi connectivity index (χ0) is 13.6. The molecule has 1 atom stereocenters. The molecule has 2 heterocycles. The van der Waals surface area contributed by atoms with E-state index in [9.17, 15) is 4.79 Å². The van der Waals surface area contributed by atoms with Gasteiger partial charge >= 0.3 is 0 Å². The number of rotatable bonds is 2. The summed E-state index contributed by atoms with van der Waals surface area (Å²) in [6.45, 7) is 6.27. The van der Waals surface area contributed by atoms with Crippen molar-refractivity contribution in [2.24, 2.45) is 0 Å². The van der Waals surface area contributed by atoms with Gasteiger partial charge in [0.25, 0.3) is 5.91 Å². The first kappa shape index (κ1) is 12.2. The molecule has 98 valence electrons. The van der Waals surface area contributed by atoms with Crippen LogP contribution in [0.4, 0.5) is 5.69 Å². The van der Waals surface area contributed by atoms with Gasteiger partial charge < -0.3 is 9.64 Å². The highest BCUT2D eigenvalue weighted by Gasteiger charge is 2.55. The maximum atomic E-state index is 12.7. The Bertz CT molecular complexity index is 603. The molecule has 1 unspecified atom stereocenters. The Morgan fingerprint density at radius 1 is 1.47 bits per heavy atom. The first-order valence-electron chi connectivity index (χ1n) is 6.44. The second kappa shape index (κ2) is 4.07. The first-order valence-corrected chi connectivity index (χ1v) is 6.44. The van der Waals surface area contributed by atoms with Crippen LogP contribution in [0.15, 0.2) is 48.1 Å². The van der Waals surface area contributed by atoms with E-state index in [2.05, 4.69) is 6.58 Å². The molecular formula is C16H17NO2. The summed E-state index contributed by atoms with van der Waals surface area (Å²) in [6, 6.07) is 7.84. The van der Waals surface area contributed by atoms with Gasteiger partial charge in [0, 0.05) is 12.6 Å². The van der Waals surface area contributed by atoms with Crippen molar-refractivity contribution < 1.29 is 9.53 Å². The van der Waals surface area contributed by atoms with Crippen LogP contribution < -0.4 is 4.90 Å². The average Bonchev–Trinajstić information content (AvgIpc) is 2.86. The molecule has 1 aromatic rings. The third-order valence-electron chi connectivity index (χ3n) is 4.16. The monoisotopic (exact) mass is 255 g/mol. The number of carbonyl (C=O) groups is 1. The summed E-state index contributed by atoms with van der Waals surface area (Å²) in [7, 11) is 1.80. The SMILES string of the molecule is C=CCC1=C(C)C2(OC1)C(=O)N(C)c1ccccc12. The lowest BCUT2D eigenvalue weighted by molar-refractivity contribution is -0.135. The fourth-order valence-corrected chi connectivity index (χ4v) is 3.07. The number of amides is 1. The van der Waals surface area contributed by atoms with Crippen molar-refractivity contribution in [2.45, 2.75) is 18.9 Å². The second-order valence-electron chi connectivity index (χ2n) is 5.07. The number of hydrogen-bond donors (Lipinski definition) is 0. The highest BCUT2D eigenvalue weighted by atomic mass is 16.5. The summed E-state index contributed by atoms with van der Waals surface area (Å²) in [5.74, 6) is 0.00487. The number of allylic oxidation sites excluding steroid dienone is 1. The van der Waals surface area contributed by atoms with Gasteiger partial charge in [-0.2, -0.15) is 0 Å². The molecule has 0 aliphatic carbocycles. The molecule has 19 heavy (non-hydrogen) atoms. The Balaban J connectivity index is 2.21. The van der Waals surface area contributed by atoms with Crippen LogP contribution in [-0.2, 0) is 15.1 Å². The summed E-state index contributed by atoms with van der Waals surface area (Å²) in [5.41, 5.74) is 3.18. The van der Waals surface area contributed by atoms with E-state index in [1.54, 1.807) is 11.9 Å². The Morgan fingerprint density at radius 3 is 2.95 bits per heavy atom. The average molecular weight is 255 g/mol. The van der Waals surface area contributed by atoms with E-state index in [0.29, 0.717) is 6.61 Å². The predicted octanol–water partition coefficient (Wildman–Crippen LogP) is 2.78. The number of likely N-dealkylation sites (N-methyl/N-ethyl adjacent to an activating group) is 1. The van der Waals surface area contributed by atoms with Crippen molar-refractivity contribution in [3.8, 4) is 0 Å². The zero-order valence-corrected chi connectivity index (χ0v) is 11.3. The summed E-state index contributed by atoms with van der Waals surface area (Å²) in [5, 5.41) is 0. The van der Waals surface area contributed by atoms with Crippen molar-refractivity contribution in [3.63, 3.8) is 0 Å². The molecule has 0 bridgehead atoms. The van der Waals surface area contributed by atoms with Crippen molar-refractivity contribution in [1.29, 1.82) is 0 Å². The Kier molecular flexibility index (Phi) is 2.61. The van der Waals surface area contributed by atoms with Crippen LogP contribution in [0.2, 0.25) is 0 Å². The Morgan fingerprint density at radius 2 is 2.21 bits per heavy atom. The largest absolute Gasteiger partial charge is 0.352 e. The molecule has 3 nitrogen and oxygen atoms in total. The maximum absolute atomic E-state index is 12.7. The van der Waals surface area contributed by atoms with E-state index < -0.39 is 5.60 Å². The third-order valence-corrected chi connectivity index (χ3v) is 4.16. The molecule has 3 rings (SSSR count). The summed E-state index contributed by atoms with van der Waals surface area (Å²) in [6.07, 6.45) is 2.63. The molecule has 1 aromatic carbocycles. The fraction of sp³-hybridized carbons (Fsp3) is 0.312. The van der Waals surface area contributed by atoms with Gasteiger partial charge in [-0.05, 0) is 30.6 Å². The molecule has 2 aliphatic heterocycles. The van der Waals surface area contributed by atoms with Gasteiger partial charge in [0.05, 0.1) is 12.3 Å². The van der Waals surface area contributed by atoms with E-state index in [1.165, 1.54) is 0 Å². The topological polar surface area (TPSA) is 29.5 Å². The van der Waals surface area contributed by atoms with E-state index in [0.717, 1.165) is 28.8 Å². The molecule has 0 radical (unpaired) electrons. The summed E-state index contributed by atoms with van der Waals surface area (Å²) in [4.78, 5) is 14.4. The van der Waals surface area contributed by atoms with E-state index in [4.69, 9.17) is 4.74 Å². The minimum absolute atomic E-state index is 0.00487. The van der Waals surface area contributed by atoms with E-state index in [-0.39, 0.29) is 5.91 Å². The highest BCUT2D eigenvalue weighted by molar-refractivity contribution is 6.09.